The summed E-state index contributed by atoms with van der Waals surface area (Å²) in [4.78, 5) is 4.73. The first-order valence-electron chi connectivity index (χ1n) is 6.79. The van der Waals surface area contributed by atoms with Crippen molar-refractivity contribution in [2.24, 2.45) is 0 Å². The van der Waals surface area contributed by atoms with Crippen molar-refractivity contribution in [2.75, 3.05) is 6.61 Å². The molecule has 2 aromatic heterocycles. The zero-order valence-corrected chi connectivity index (χ0v) is 11.9. The molecular weight excluding hydrogens is 250 g/mol. The molecule has 0 aliphatic rings. The van der Waals surface area contributed by atoms with E-state index in [0.717, 1.165) is 27.9 Å². The number of pyridine rings is 1. The molecule has 0 saturated heterocycles. The van der Waals surface area contributed by atoms with Gasteiger partial charge < -0.3 is 9.15 Å². The van der Waals surface area contributed by atoms with Gasteiger partial charge in [-0.05, 0) is 32.4 Å². The van der Waals surface area contributed by atoms with Gasteiger partial charge in [-0.3, -0.25) is 0 Å². The Morgan fingerprint density at radius 1 is 1.10 bits per heavy atom. The molecule has 0 fully saturated rings. The number of aryl methyl sites for hydroxylation is 2. The van der Waals surface area contributed by atoms with Crippen LogP contribution in [0.4, 0.5) is 0 Å². The quantitative estimate of drug-likeness (QED) is 0.700. The molecule has 0 amide bonds. The smallest absolute Gasteiger partial charge is 0.285 e. The molecule has 0 N–H and O–H groups in total. The maximum absolute atomic E-state index is 5.74. The van der Waals surface area contributed by atoms with Crippen LogP contribution in [-0.2, 0) is 0 Å². The lowest BCUT2D eigenvalue weighted by Crippen LogP contribution is -1.88. The third-order valence-corrected chi connectivity index (χ3v) is 3.34. The minimum atomic E-state index is 0.548. The average Bonchev–Trinajstić information content (AvgIpc) is 2.80. The summed E-state index contributed by atoms with van der Waals surface area (Å²) in [5, 5.41) is 1.14. The van der Waals surface area contributed by atoms with Crippen LogP contribution in [0.5, 0.6) is 5.95 Å². The van der Waals surface area contributed by atoms with Crippen molar-refractivity contribution in [1.29, 1.82) is 0 Å². The lowest BCUT2D eigenvalue weighted by molar-refractivity contribution is 0.260. The van der Waals surface area contributed by atoms with Gasteiger partial charge >= 0.3 is 0 Å². The Bertz CT molecular complexity index is 759. The molecule has 3 nitrogen and oxygen atoms in total. The van der Waals surface area contributed by atoms with E-state index < -0.39 is 0 Å². The van der Waals surface area contributed by atoms with Crippen molar-refractivity contribution in [3.63, 3.8) is 0 Å². The molecule has 1 aromatic carbocycles. The van der Waals surface area contributed by atoms with Crippen LogP contribution in [0.15, 0.2) is 40.8 Å². The molecule has 0 spiro atoms. The second-order valence-electron chi connectivity index (χ2n) is 4.85. The molecule has 3 rings (SSSR count). The number of furan rings is 1. The molecule has 0 atom stereocenters. The molecular formula is C17H17NO2. The molecule has 0 saturated carbocycles. The van der Waals surface area contributed by atoms with Crippen molar-refractivity contribution < 1.29 is 9.15 Å². The topological polar surface area (TPSA) is 35.3 Å². The first-order chi connectivity index (χ1) is 9.69. The number of nitrogens with zero attached hydrogens (tertiary/aromatic N) is 1. The van der Waals surface area contributed by atoms with Crippen LogP contribution in [-0.4, -0.2) is 11.6 Å². The number of para-hydroxylation sites is 1. The predicted octanol–water partition coefficient (Wildman–Crippen LogP) is 4.51. The molecule has 0 unspecified atom stereocenters. The van der Waals surface area contributed by atoms with Gasteiger partial charge in [0.05, 0.1) is 12.1 Å². The zero-order chi connectivity index (χ0) is 14.1. The van der Waals surface area contributed by atoms with E-state index in [1.807, 2.05) is 32.0 Å². The van der Waals surface area contributed by atoms with E-state index in [2.05, 4.69) is 25.1 Å². The summed E-state index contributed by atoms with van der Waals surface area (Å²) in [5.41, 5.74) is 4.06. The summed E-state index contributed by atoms with van der Waals surface area (Å²) in [5.74, 6) is 1.32. The maximum atomic E-state index is 5.74. The highest BCUT2D eigenvalue weighted by atomic mass is 16.6. The van der Waals surface area contributed by atoms with E-state index in [0.29, 0.717) is 12.6 Å². The van der Waals surface area contributed by atoms with Gasteiger partial charge in [0, 0.05) is 17.0 Å². The molecule has 20 heavy (non-hydrogen) atoms. The van der Waals surface area contributed by atoms with Crippen molar-refractivity contribution >= 4 is 10.9 Å². The first kappa shape index (κ1) is 12.7. The monoisotopic (exact) mass is 267 g/mol. The fourth-order valence-corrected chi connectivity index (χ4v) is 2.34. The van der Waals surface area contributed by atoms with Gasteiger partial charge in [-0.1, -0.05) is 24.3 Å². The average molecular weight is 267 g/mol. The summed E-state index contributed by atoms with van der Waals surface area (Å²) in [6.07, 6.45) is 0. The van der Waals surface area contributed by atoms with E-state index in [9.17, 15) is 0 Å². The van der Waals surface area contributed by atoms with Gasteiger partial charge in [0.2, 0.25) is 0 Å². The van der Waals surface area contributed by atoms with E-state index in [1.54, 1.807) is 0 Å². The van der Waals surface area contributed by atoms with Gasteiger partial charge in [0.15, 0.2) is 5.76 Å². The summed E-state index contributed by atoms with van der Waals surface area (Å²) >= 11 is 0. The number of hydrogen-bond donors (Lipinski definition) is 0. The minimum Gasteiger partial charge on any atom is -0.465 e. The Labute approximate surface area is 118 Å². The third kappa shape index (κ3) is 2.16. The van der Waals surface area contributed by atoms with Crippen LogP contribution in [0.2, 0.25) is 0 Å². The Morgan fingerprint density at radius 3 is 2.75 bits per heavy atom. The summed E-state index contributed by atoms with van der Waals surface area (Å²) in [6, 6.07) is 12.2. The Kier molecular flexibility index (Phi) is 3.18. The molecule has 102 valence electrons. The fourth-order valence-electron chi connectivity index (χ4n) is 2.34. The van der Waals surface area contributed by atoms with E-state index in [-0.39, 0.29) is 0 Å². The Hall–Kier alpha value is -2.29. The highest BCUT2D eigenvalue weighted by Gasteiger charge is 2.12. The molecule has 3 aromatic rings. The third-order valence-electron chi connectivity index (χ3n) is 3.34. The summed E-state index contributed by atoms with van der Waals surface area (Å²) < 4.78 is 11.2. The fraction of sp³-hybridized carbons (Fsp3) is 0.235. The standard InChI is InChI=1S/C17H17NO2/c1-4-19-15-10-12(3)17(20-15)14-9-8-13-7-5-6-11(2)16(13)18-14/h5-10H,4H2,1-3H3. The SMILES string of the molecule is CCOc1cc(C)c(-c2ccc3cccc(C)c3n2)o1. The number of rotatable bonds is 3. The number of ether oxygens (including phenoxy) is 1. The van der Waals surface area contributed by atoms with Crippen LogP contribution < -0.4 is 4.74 Å². The second kappa shape index (κ2) is 5.00. The van der Waals surface area contributed by atoms with Gasteiger partial charge in [-0.15, -0.1) is 0 Å². The van der Waals surface area contributed by atoms with Crippen molar-refractivity contribution in [3.8, 4) is 17.4 Å². The lowest BCUT2D eigenvalue weighted by atomic mass is 10.1. The predicted molar refractivity (Wildman–Crippen MR) is 80.1 cm³/mol. The number of aromatic nitrogens is 1. The highest BCUT2D eigenvalue weighted by molar-refractivity contribution is 5.84. The van der Waals surface area contributed by atoms with Gasteiger partial charge in [0.1, 0.15) is 5.69 Å². The van der Waals surface area contributed by atoms with Crippen LogP contribution in [0.25, 0.3) is 22.4 Å². The minimum absolute atomic E-state index is 0.548. The maximum Gasteiger partial charge on any atom is 0.285 e. The number of benzene rings is 1. The van der Waals surface area contributed by atoms with Gasteiger partial charge in [-0.2, -0.15) is 0 Å². The van der Waals surface area contributed by atoms with E-state index in [4.69, 9.17) is 14.1 Å². The Morgan fingerprint density at radius 2 is 1.95 bits per heavy atom. The number of hydrogen-bond acceptors (Lipinski definition) is 3. The summed E-state index contributed by atoms with van der Waals surface area (Å²) in [7, 11) is 0. The summed E-state index contributed by atoms with van der Waals surface area (Å²) in [6.45, 7) is 6.61. The second-order valence-corrected chi connectivity index (χ2v) is 4.85. The normalized spacial score (nSPS) is 10.9. The van der Waals surface area contributed by atoms with Crippen LogP contribution >= 0.6 is 0 Å². The van der Waals surface area contributed by atoms with E-state index >= 15 is 0 Å². The van der Waals surface area contributed by atoms with Crippen molar-refractivity contribution in [3.05, 3.63) is 47.5 Å². The first-order valence-corrected chi connectivity index (χ1v) is 6.79. The van der Waals surface area contributed by atoms with Gasteiger partial charge in [-0.25, -0.2) is 4.98 Å². The lowest BCUT2D eigenvalue weighted by Gasteiger charge is -2.04. The van der Waals surface area contributed by atoms with Gasteiger partial charge in [0.25, 0.3) is 5.95 Å². The molecule has 2 heterocycles. The van der Waals surface area contributed by atoms with Crippen LogP contribution in [0, 0.1) is 13.8 Å². The molecule has 3 heteroatoms. The van der Waals surface area contributed by atoms with Crippen molar-refractivity contribution in [2.45, 2.75) is 20.8 Å². The van der Waals surface area contributed by atoms with Crippen molar-refractivity contribution in [1.82, 2.24) is 4.98 Å². The molecule has 0 aliphatic carbocycles. The Balaban J connectivity index is 2.12. The largest absolute Gasteiger partial charge is 0.465 e. The zero-order valence-electron chi connectivity index (χ0n) is 11.9. The molecule has 0 bridgehead atoms. The van der Waals surface area contributed by atoms with E-state index in [1.165, 1.54) is 5.56 Å². The van der Waals surface area contributed by atoms with Crippen LogP contribution in [0.1, 0.15) is 18.1 Å². The molecule has 0 aliphatic heterocycles. The van der Waals surface area contributed by atoms with Crippen LogP contribution in [0.3, 0.4) is 0 Å². The number of fused-ring (bicyclic) bond motifs is 1. The highest BCUT2D eigenvalue weighted by Crippen LogP contribution is 2.31. The molecule has 0 radical (unpaired) electrons.